The van der Waals surface area contributed by atoms with E-state index in [1.807, 2.05) is 19.0 Å². The van der Waals surface area contributed by atoms with Crippen molar-refractivity contribution in [2.24, 2.45) is 0 Å². The maximum absolute atomic E-state index is 13.7. The van der Waals surface area contributed by atoms with Gasteiger partial charge in [-0.25, -0.2) is 4.39 Å². The largest absolute Gasteiger partial charge is 0.573 e. The summed E-state index contributed by atoms with van der Waals surface area (Å²) in [5, 5.41) is 4.02. The summed E-state index contributed by atoms with van der Waals surface area (Å²) >= 11 is 0. The normalized spacial score (nSPS) is 21.2. The molecule has 2 heterocycles. The van der Waals surface area contributed by atoms with Gasteiger partial charge in [-0.2, -0.15) is 4.98 Å². The molecule has 196 valence electrons. The monoisotopic (exact) mass is 518 g/mol. The van der Waals surface area contributed by atoms with E-state index in [2.05, 4.69) is 14.9 Å². The molecule has 3 aromatic rings. The minimum Gasteiger partial charge on any atom is -0.406 e. The summed E-state index contributed by atoms with van der Waals surface area (Å²) in [5.41, 5.74) is 0.704. The molecule has 1 saturated heterocycles. The summed E-state index contributed by atoms with van der Waals surface area (Å²) in [6, 6.07) is 11.6. The quantitative estimate of drug-likeness (QED) is 0.430. The van der Waals surface area contributed by atoms with Crippen LogP contribution in [-0.4, -0.2) is 64.9 Å². The van der Waals surface area contributed by atoms with Crippen LogP contribution in [0.3, 0.4) is 0 Å². The number of hydrogen-bond donors (Lipinski definition) is 0. The lowest BCUT2D eigenvalue weighted by Gasteiger charge is -2.39. The van der Waals surface area contributed by atoms with E-state index >= 15 is 0 Å². The number of rotatable bonds is 6. The smallest absolute Gasteiger partial charge is 0.406 e. The van der Waals surface area contributed by atoms with Crippen LogP contribution < -0.4 is 4.74 Å². The number of likely N-dealkylation sites (N-methyl/N-ethyl adjacent to an activating group) is 1. The second-order valence-corrected chi connectivity index (χ2v) is 9.85. The number of likely N-dealkylation sites (tertiary alicyclic amines) is 1. The summed E-state index contributed by atoms with van der Waals surface area (Å²) < 4.78 is 61.0. The summed E-state index contributed by atoms with van der Waals surface area (Å²) in [6.07, 6.45) is -2.71. The molecule has 1 aliphatic carbocycles. The third-order valence-electron chi connectivity index (χ3n) is 7.17. The maximum Gasteiger partial charge on any atom is 0.573 e. The molecular weight excluding hydrogens is 492 g/mol. The van der Waals surface area contributed by atoms with Crippen LogP contribution in [0.2, 0.25) is 0 Å². The summed E-state index contributed by atoms with van der Waals surface area (Å²) in [5.74, 6) is -0.628. The highest BCUT2D eigenvalue weighted by atomic mass is 19.4. The van der Waals surface area contributed by atoms with E-state index in [-0.39, 0.29) is 29.3 Å². The summed E-state index contributed by atoms with van der Waals surface area (Å²) in [7, 11) is 3.76. The molecule has 2 atom stereocenters. The summed E-state index contributed by atoms with van der Waals surface area (Å²) in [6.45, 7) is 0.778. The number of carbonyl (C=O) groups excluding carboxylic acids is 1. The van der Waals surface area contributed by atoms with Gasteiger partial charge in [0.15, 0.2) is 0 Å². The Kier molecular flexibility index (Phi) is 6.43. The Bertz CT molecular complexity index is 1270. The molecule has 0 bridgehead atoms. The minimum absolute atomic E-state index is 0.00842. The van der Waals surface area contributed by atoms with E-state index in [1.54, 1.807) is 29.2 Å². The van der Waals surface area contributed by atoms with Gasteiger partial charge in [0.2, 0.25) is 17.6 Å². The van der Waals surface area contributed by atoms with Crippen LogP contribution in [0.4, 0.5) is 17.6 Å². The first kappa shape index (κ1) is 25.2. The third kappa shape index (κ3) is 5.31. The van der Waals surface area contributed by atoms with Gasteiger partial charge in [-0.05, 0) is 63.2 Å². The third-order valence-corrected chi connectivity index (χ3v) is 7.17. The zero-order chi connectivity index (χ0) is 26.4. The molecule has 0 N–H and O–H groups in total. The standard InChI is InChI=1S/C26H26F4N4O3/c1-33(2)25(10-11-25)24(35)34-14-18(16-6-8-21(9-7-16)36-26(28,29)30)12-19(15-34)23-31-22(32-37-23)17-4-3-5-20(27)13-17/h3-9,13,18-19H,10-12,14-15H2,1-2H3. The topological polar surface area (TPSA) is 71.7 Å². The highest BCUT2D eigenvalue weighted by Gasteiger charge is 2.54. The average molecular weight is 519 g/mol. The molecule has 1 aliphatic heterocycles. The van der Waals surface area contributed by atoms with Crippen LogP contribution in [0.1, 0.15) is 42.6 Å². The van der Waals surface area contributed by atoms with Crippen LogP contribution in [0.15, 0.2) is 53.1 Å². The minimum atomic E-state index is -4.78. The highest BCUT2D eigenvalue weighted by molar-refractivity contribution is 5.89. The first-order valence-corrected chi connectivity index (χ1v) is 12.0. The highest BCUT2D eigenvalue weighted by Crippen LogP contribution is 2.44. The fourth-order valence-corrected chi connectivity index (χ4v) is 5.04. The van der Waals surface area contributed by atoms with Gasteiger partial charge in [0.1, 0.15) is 17.1 Å². The lowest BCUT2D eigenvalue weighted by atomic mass is 9.84. The molecule has 7 nitrogen and oxygen atoms in total. The van der Waals surface area contributed by atoms with Crippen molar-refractivity contribution in [1.82, 2.24) is 19.9 Å². The molecule has 1 aromatic heterocycles. The number of aromatic nitrogens is 2. The van der Waals surface area contributed by atoms with Crippen LogP contribution >= 0.6 is 0 Å². The van der Waals surface area contributed by atoms with E-state index in [0.29, 0.717) is 31.0 Å². The van der Waals surface area contributed by atoms with Crippen LogP contribution in [0, 0.1) is 5.82 Å². The van der Waals surface area contributed by atoms with E-state index in [0.717, 1.165) is 18.4 Å². The molecule has 2 fully saturated rings. The molecule has 0 radical (unpaired) electrons. The Labute approximate surface area is 211 Å². The lowest BCUT2D eigenvalue weighted by molar-refractivity contribution is -0.274. The Hall–Kier alpha value is -3.47. The fraction of sp³-hybridized carbons (Fsp3) is 0.423. The van der Waals surface area contributed by atoms with Gasteiger partial charge in [-0.15, -0.1) is 13.2 Å². The zero-order valence-electron chi connectivity index (χ0n) is 20.3. The van der Waals surface area contributed by atoms with Crippen LogP contribution in [0.5, 0.6) is 5.75 Å². The van der Waals surface area contributed by atoms with E-state index < -0.39 is 17.7 Å². The van der Waals surface area contributed by atoms with E-state index in [9.17, 15) is 22.4 Å². The average Bonchev–Trinajstić information content (AvgIpc) is 3.52. The van der Waals surface area contributed by atoms with Crippen molar-refractivity contribution < 1.29 is 31.6 Å². The van der Waals surface area contributed by atoms with Crippen molar-refractivity contribution >= 4 is 5.91 Å². The number of halogens is 4. The first-order valence-electron chi connectivity index (χ1n) is 12.0. The van der Waals surface area contributed by atoms with E-state index in [1.165, 1.54) is 24.3 Å². The van der Waals surface area contributed by atoms with Gasteiger partial charge in [0, 0.05) is 24.6 Å². The zero-order valence-corrected chi connectivity index (χ0v) is 20.3. The van der Waals surface area contributed by atoms with Crippen molar-refractivity contribution in [2.45, 2.75) is 43.0 Å². The Morgan fingerprint density at radius 2 is 1.81 bits per heavy atom. The molecule has 37 heavy (non-hydrogen) atoms. The van der Waals surface area contributed by atoms with Gasteiger partial charge < -0.3 is 14.2 Å². The van der Waals surface area contributed by atoms with Crippen molar-refractivity contribution in [3.8, 4) is 17.1 Å². The van der Waals surface area contributed by atoms with Gasteiger partial charge in [0.05, 0.1) is 5.92 Å². The van der Waals surface area contributed by atoms with Crippen LogP contribution in [0.25, 0.3) is 11.4 Å². The number of piperidine rings is 1. The predicted molar refractivity (Wildman–Crippen MR) is 125 cm³/mol. The van der Waals surface area contributed by atoms with Crippen LogP contribution in [-0.2, 0) is 4.79 Å². The number of amides is 1. The maximum atomic E-state index is 13.7. The van der Waals surface area contributed by atoms with Gasteiger partial charge in [-0.3, -0.25) is 9.69 Å². The molecule has 2 aliphatic rings. The Morgan fingerprint density at radius 3 is 2.43 bits per heavy atom. The molecule has 2 unspecified atom stereocenters. The van der Waals surface area contributed by atoms with Crippen molar-refractivity contribution in [2.75, 3.05) is 27.2 Å². The second kappa shape index (κ2) is 9.44. The number of ether oxygens (including phenoxy) is 1. The van der Waals surface area contributed by atoms with Crippen molar-refractivity contribution in [3.63, 3.8) is 0 Å². The van der Waals surface area contributed by atoms with Gasteiger partial charge in [0.25, 0.3) is 0 Å². The second-order valence-electron chi connectivity index (χ2n) is 9.85. The summed E-state index contributed by atoms with van der Waals surface area (Å²) in [4.78, 5) is 21.8. The number of hydrogen-bond acceptors (Lipinski definition) is 6. The van der Waals surface area contributed by atoms with Crippen molar-refractivity contribution in [1.29, 1.82) is 0 Å². The molecule has 1 amide bonds. The van der Waals surface area contributed by atoms with Gasteiger partial charge >= 0.3 is 6.36 Å². The SMILES string of the molecule is CN(C)C1(C(=O)N2CC(c3ccc(OC(F)(F)F)cc3)CC(c3nc(-c4cccc(F)c4)no3)C2)CC1. The molecule has 0 spiro atoms. The first-order chi connectivity index (χ1) is 17.5. The predicted octanol–water partition coefficient (Wildman–Crippen LogP) is 4.97. The molecule has 11 heteroatoms. The molecular formula is C26H26F4N4O3. The van der Waals surface area contributed by atoms with E-state index in [4.69, 9.17) is 4.52 Å². The molecule has 1 saturated carbocycles. The fourth-order valence-electron chi connectivity index (χ4n) is 5.04. The number of alkyl halides is 3. The molecule has 2 aromatic carbocycles. The number of benzene rings is 2. The number of nitrogens with zero attached hydrogens (tertiary/aromatic N) is 4. The Morgan fingerprint density at radius 1 is 1.11 bits per heavy atom. The molecule has 5 rings (SSSR count). The van der Waals surface area contributed by atoms with Gasteiger partial charge in [-0.1, -0.05) is 29.4 Å². The lowest BCUT2D eigenvalue weighted by Crippen LogP contribution is -2.52. The number of carbonyl (C=O) groups is 1. The van der Waals surface area contributed by atoms with Crippen molar-refractivity contribution in [3.05, 3.63) is 65.8 Å². The Balaban J connectivity index is 1.42.